The molecule has 152 valence electrons. The minimum atomic E-state index is -2.77. The molecular weight excluding hydrogens is 340 g/mol. The van der Waals surface area contributed by atoms with Crippen molar-refractivity contribution < 1.29 is 8.39 Å². The Morgan fingerprint density at radius 1 is 0.417 bits per heavy atom. The van der Waals surface area contributed by atoms with Crippen molar-refractivity contribution in [2.24, 2.45) is 0 Å². The van der Waals surface area contributed by atoms with Crippen LogP contribution in [-0.4, -0.2) is 49.3 Å². The molecule has 0 spiro atoms. The first-order valence-corrected chi connectivity index (χ1v) is 16.3. The summed E-state index contributed by atoms with van der Waals surface area (Å²) in [7, 11) is 0. The summed E-state index contributed by atoms with van der Waals surface area (Å²) in [5, 5.41) is 0. The van der Waals surface area contributed by atoms with Gasteiger partial charge in [-0.15, -0.1) is 0 Å². The van der Waals surface area contributed by atoms with Gasteiger partial charge in [-0.3, -0.25) is 0 Å². The second-order valence-electron chi connectivity index (χ2n) is 7.80. The van der Waals surface area contributed by atoms with Gasteiger partial charge in [0.05, 0.1) is 0 Å². The molecule has 0 saturated heterocycles. The molecular formula is C20H48F2P2. The second-order valence-corrected chi connectivity index (χ2v) is 19.4. The van der Waals surface area contributed by atoms with Crippen molar-refractivity contribution in [3.63, 3.8) is 0 Å². The third kappa shape index (κ3) is 7.95. The zero-order valence-corrected chi connectivity index (χ0v) is 19.9. The Morgan fingerprint density at radius 2 is 0.625 bits per heavy atom. The van der Waals surface area contributed by atoms with Gasteiger partial charge in [-0.05, 0) is 0 Å². The maximum atomic E-state index is 15.3. The van der Waals surface area contributed by atoms with Crippen LogP contribution in [-0.2, 0) is 0 Å². The quantitative estimate of drug-likeness (QED) is 0.294. The fourth-order valence-corrected chi connectivity index (χ4v) is 12.7. The summed E-state index contributed by atoms with van der Waals surface area (Å²) in [4.78, 5) is 0. The van der Waals surface area contributed by atoms with Gasteiger partial charge in [0.15, 0.2) is 0 Å². The van der Waals surface area contributed by atoms with Crippen molar-refractivity contribution in [3.05, 3.63) is 0 Å². The van der Waals surface area contributed by atoms with Crippen LogP contribution < -0.4 is 0 Å². The summed E-state index contributed by atoms with van der Waals surface area (Å²) in [6, 6.07) is 0. The van der Waals surface area contributed by atoms with Crippen molar-refractivity contribution in [2.75, 3.05) is 49.3 Å². The first kappa shape index (κ1) is 26.9. The maximum absolute atomic E-state index is 15.3. The van der Waals surface area contributed by atoms with Gasteiger partial charge in [-0.25, -0.2) is 0 Å². The monoisotopic (exact) mass is 388 g/mol. The van der Waals surface area contributed by atoms with Gasteiger partial charge >= 0.3 is 153 Å². The second kappa shape index (κ2) is 11.4. The molecule has 0 unspecified atom stereocenters. The molecule has 0 nitrogen and oxygen atoms in total. The third-order valence-corrected chi connectivity index (χ3v) is 18.9. The predicted octanol–water partition coefficient (Wildman–Crippen LogP) is 8.57. The Morgan fingerprint density at radius 3 is 0.708 bits per heavy atom. The van der Waals surface area contributed by atoms with E-state index >= 15 is 4.20 Å². The van der Waals surface area contributed by atoms with Gasteiger partial charge in [0, 0.05) is 0 Å². The molecule has 0 amide bonds. The number of halogens is 2. The molecule has 0 rings (SSSR count). The summed E-state index contributed by atoms with van der Waals surface area (Å²) in [5.74, 6) is 0. The third-order valence-electron chi connectivity index (χ3n) is 6.29. The summed E-state index contributed by atoms with van der Waals surface area (Å²) < 4.78 is 29.5. The summed E-state index contributed by atoms with van der Waals surface area (Å²) in [5.41, 5.74) is 0. The summed E-state index contributed by atoms with van der Waals surface area (Å²) >= 11 is 0. The van der Waals surface area contributed by atoms with E-state index in [0.717, 1.165) is 75.0 Å². The van der Waals surface area contributed by atoms with Gasteiger partial charge in [-0.1, -0.05) is 0 Å². The van der Waals surface area contributed by atoms with Crippen LogP contribution in [0.15, 0.2) is 0 Å². The molecule has 0 aromatic carbocycles. The van der Waals surface area contributed by atoms with Crippen LogP contribution in [0.25, 0.3) is 0 Å². The van der Waals surface area contributed by atoms with Crippen molar-refractivity contribution >= 4 is 13.8 Å². The van der Waals surface area contributed by atoms with E-state index in [2.05, 4.69) is 27.7 Å². The van der Waals surface area contributed by atoms with E-state index in [9.17, 15) is 4.20 Å². The fraction of sp³-hybridized carbons (Fsp3) is 1.00. The molecule has 0 aromatic heterocycles. The Bertz CT molecular complexity index is 269. The van der Waals surface area contributed by atoms with E-state index in [4.69, 9.17) is 0 Å². The van der Waals surface area contributed by atoms with Crippen LogP contribution in [0.4, 0.5) is 8.39 Å². The normalized spacial score (nSPS) is 15.6. The molecule has 0 radical (unpaired) electrons. The van der Waals surface area contributed by atoms with E-state index in [1.807, 2.05) is 27.7 Å². The summed E-state index contributed by atoms with van der Waals surface area (Å²) in [6.45, 7) is 11.1. The molecule has 0 atom stereocenters. The predicted molar refractivity (Wildman–Crippen MR) is 119 cm³/mol. The van der Waals surface area contributed by atoms with Crippen molar-refractivity contribution in [1.29, 1.82) is 0 Å². The van der Waals surface area contributed by atoms with Crippen LogP contribution in [0.2, 0.25) is 0 Å². The van der Waals surface area contributed by atoms with Crippen molar-refractivity contribution in [1.82, 2.24) is 0 Å². The van der Waals surface area contributed by atoms with Crippen molar-refractivity contribution in [2.45, 2.75) is 81.1 Å². The molecule has 0 aromatic rings. The molecule has 0 saturated carbocycles. The van der Waals surface area contributed by atoms with Gasteiger partial charge < -0.3 is 0 Å². The standard InChI is InChI=1S/C12H28FP.C8H20FP/c1-5-9-14(13,10-6-2,11-7-3)12-8-4;1-5-10(9,6-2,7-3)8-4/h5-12H2,1-4H3;5-8H2,1-4H3. The first-order valence-electron chi connectivity index (χ1n) is 10.5. The van der Waals surface area contributed by atoms with E-state index in [1.54, 1.807) is 0 Å². The van der Waals surface area contributed by atoms with E-state index in [1.165, 1.54) is 0 Å². The average molecular weight is 389 g/mol. The summed E-state index contributed by atoms with van der Waals surface area (Å²) in [6.07, 6.45) is 10.7. The first-order chi connectivity index (χ1) is 11.1. The molecule has 0 aliphatic carbocycles. The SMILES string of the molecule is CCCP(F)(CCC)(CCC)CCC.CCP(F)(CC)(CC)CC. The Kier molecular flexibility index (Phi) is 12.8. The Balaban J connectivity index is 0. The molecule has 0 bridgehead atoms. The molecule has 0 aliphatic rings. The molecule has 24 heavy (non-hydrogen) atoms. The molecule has 0 aliphatic heterocycles. The molecule has 0 fully saturated rings. The van der Waals surface area contributed by atoms with Crippen molar-refractivity contribution in [3.8, 4) is 0 Å². The van der Waals surface area contributed by atoms with Crippen LogP contribution in [0.3, 0.4) is 0 Å². The van der Waals surface area contributed by atoms with E-state index in [-0.39, 0.29) is 0 Å². The Labute approximate surface area is 153 Å². The minimum absolute atomic E-state index is 0.773. The molecule has 4 heteroatoms. The molecule has 0 N–H and O–H groups in total. The number of rotatable bonds is 12. The van der Waals surface area contributed by atoms with E-state index in [0.29, 0.717) is 0 Å². The zero-order valence-electron chi connectivity index (χ0n) is 18.1. The van der Waals surface area contributed by atoms with E-state index < -0.39 is 13.8 Å². The van der Waals surface area contributed by atoms with Gasteiger partial charge in [0.2, 0.25) is 0 Å². The Hall–Kier alpha value is 0.720. The topological polar surface area (TPSA) is 0 Å². The van der Waals surface area contributed by atoms with Crippen LogP contribution in [0, 0.1) is 0 Å². The van der Waals surface area contributed by atoms with Crippen LogP contribution in [0.1, 0.15) is 81.1 Å². The van der Waals surface area contributed by atoms with Gasteiger partial charge in [0.25, 0.3) is 0 Å². The molecule has 0 heterocycles. The van der Waals surface area contributed by atoms with Gasteiger partial charge in [-0.2, -0.15) is 0 Å². The zero-order chi connectivity index (χ0) is 19.4. The van der Waals surface area contributed by atoms with Crippen LogP contribution in [0.5, 0.6) is 0 Å². The number of hydrogen-bond acceptors (Lipinski definition) is 0. The average Bonchev–Trinajstić information content (AvgIpc) is 2.56. The van der Waals surface area contributed by atoms with Crippen LogP contribution >= 0.6 is 13.8 Å². The number of hydrogen-bond donors (Lipinski definition) is 0. The van der Waals surface area contributed by atoms with Gasteiger partial charge in [0.1, 0.15) is 0 Å². The fourth-order valence-electron chi connectivity index (χ4n) is 4.25.